The lowest BCUT2D eigenvalue weighted by atomic mass is 10.1. The number of anilines is 1. The standard InChI is InChI=1S/C27H27N5O2/c1-31(2)14-13-28-27(34)23-10-6-9-22(16-23)25-17-29-26-24(30-19-33)15-21(18-32(25)26)12-11-20-7-4-3-5-8-20/h3-12,15-19H,13-14H2,1-2H3,(H,28,34)(H,30,33)/b12-11+. The van der Waals surface area contributed by atoms with Crippen LogP contribution in [0.5, 0.6) is 0 Å². The maximum atomic E-state index is 12.6. The molecular weight excluding hydrogens is 426 g/mol. The van der Waals surface area contributed by atoms with Crippen molar-refractivity contribution in [3.63, 3.8) is 0 Å². The number of hydrogen-bond donors (Lipinski definition) is 2. The lowest BCUT2D eigenvalue weighted by Crippen LogP contribution is -2.31. The van der Waals surface area contributed by atoms with E-state index in [-0.39, 0.29) is 5.91 Å². The summed E-state index contributed by atoms with van der Waals surface area (Å²) in [5.41, 5.74) is 5.46. The number of pyridine rings is 1. The SMILES string of the molecule is CN(C)CCNC(=O)c1cccc(-c2cnc3c(NC=O)cc(/C=C/c4ccccc4)cn23)c1. The van der Waals surface area contributed by atoms with E-state index in [1.54, 1.807) is 12.3 Å². The Labute approximate surface area is 198 Å². The van der Waals surface area contributed by atoms with Crippen molar-refractivity contribution < 1.29 is 9.59 Å². The number of nitrogens with zero attached hydrogens (tertiary/aromatic N) is 3. The molecule has 4 rings (SSSR count). The Kier molecular flexibility index (Phi) is 7.15. The van der Waals surface area contributed by atoms with Crippen LogP contribution in [0.2, 0.25) is 0 Å². The maximum absolute atomic E-state index is 12.6. The highest BCUT2D eigenvalue weighted by molar-refractivity contribution is 5.95. The highest BCUT2D eigenvalue weighted by atomic mass is 16.1. The van der Waals surface area contributed by atoms with Gasteiger partial charge in [0.15, 0.2) is 5.65 Å². The van der Waals surface area contributed by atoms with Crippen LogP contribution in [0, 0.1) is 0 Å². The van der Waals surface area contributed by atoms with Crippen molar-refractivity contribution in [2.45, 2.75) is 0 Å². The molecule has 0 bridgehead atoms. The van der Waals surface area contributed by atoms with Crippen LogP contribution in [-0.2, 0) is 4.79 Å². The van der Waals surface area contributed by atoms with Gasteiger partial charge in [0.25, 0.3) is 5.91 Å². The topological polar surface area (TPSA) is 78.7 Å². The summed E-state index contributed by atoms with van der Waals surface area (Å²) >= 11 is 0. The Morgan fingerprint density at radius 1 is 1.03 bits per heavy atom. The molecule has 7 heteroatoms. The zero-order valence-corrected chi connectivity index (χ0v) is 19.2. The molecule has 0 radical (unpaired) electrons. The largest absolute Gasteiger partial charge is 0.351 e. The minimum absolute atomic E-state index is 0.118. The highest BCUT2D eigenvalue weighted by Crippen LogP contribution is 2.27. The van der Waals surface area contributed by atoms with Gasteiger partial charge in [-0.25, -0.2) is 4.98 Å². The molecule has 0 aliphatic rings. The first-order valence-electron chi connectivity index (χ1n) is 11.0. The molecule has 0 unspecified atom stereocenters. The Hall–Kier alpha value is -4.23. The number of nitrogens with one attached hydrogen (secondary N) is 2. The van der Waals surface area contributed by atoms with E-state index >= 15 is 0 Å². The van der Waals surface area contributed by atoms with E-state index in [4.69, 9.17) is 0 Å². The number of rotatable bonds is 9. The quantitative estimate of drug-likeness (QED) is 0.375. The Morgan fingerprint density at radius 3 is 2.59 bits per heavy atom. The first-order chi connectivity index (χ1) is 16.5. The van der Waals surface area contributed by atoms with Gasteiger partial charge in [-0.05, 0) is 43.4 Å². The molecule has 0 atom stereocenters. The van der Waals surface area contributed by atoms with Crippen LogP contribution in [-0.4, -0.2) is 53.8 Å². The van der Waals surface area contributed by atoms with Gasteiger partial charge in [0.2, 0.25) is 6.41 Å². The van der Waals surface area contributed by atoms with Crippen molar-refractivity contribution in [1.82, 2.24) is 19.6 Å². The molecule has 7 nitrogen and oxygen atoms in total. The second-order valence-electron chi connectivity index (χ2n) is 8.17. The van der Waals surface area contributed by atoms with Gasteiger partial charge in [-0.2, -0.15) is 0 Å². The first kappa shape index (κ1) is 22.9. The number of carbonyl (C=O) groups excluding carboxylic acids is 2. The van der Waals surface area contributed by atoms with Crippen LogP contribution >= 0.6 is 0 Å². The molecule has 0 fully saturated rings. The van der Waals surface area contributed by atoms with Crippen LogP contribution in [0.3, 0.4) is 0 Å². The van der Waals surface area contributed by atoms with E-state index < -0.39 is 0 Å². The molecule has 0 spiro atoms. The first-order valence-corrected chi connectivity index (χ1v) is 11.0. The Balaban J connectivity index is 1.69. The van der Waals surface area contributed by atoms with Crippen molar-refractivity contribution in [2.24, 2.45) is 0 Å². The predicted octanol–water partition coefficient (Wildman–Crippen LogP) is 4.03. The third kappa shape index (κ3) is 5.39. The third-order valence-electron chi connectivity index (χ3n) is 5.37. The number of hydrogen-bond acceptors (Lipinski definition) is 4. The van der Waals surface area contributed by atoms with Gasteiger partial charge in [-0.1, -0.05) is 54.6 Å². The smallest absolute Gasteiger partial charge is 0.251 e. The van der Waals surface area contributed by atoms with Gasteiger partial charge in [0.1, 0.15) is 0 Å². The molecular formula is C27H27N5O2. The van der Waals surface area contributed by atoms with Crippen molar-refractivity contribution in [3.8, 4) is 11.3 Å². The number of imidazole rings is 1. The maximum Gasteiger partial charge on any atom is 0.251 e. The van der Waals surface area contributed by atoms with Gasteiger partial charge in [-0.3, -0.25) is 14.0 Å². The fourth-order valence-corrected chi connectivity index (χ4v) is 3.65. The minimum atomic E-state index is -0.118. The molecule has 0 saturated heterocycles. The summed E-state index contributed by atoms with van der Waals surface area (Å²) in [6, 6.07) is 19.3. The van der Waals surface area contributed by atoms with E-state index in [1.807, 2.05) is 96.3 Å². The van der Waals surface area contributed by atoms with Crippen LogP contribution < -0.4 is 10.6 Å². The summed E-state index contributed by atoms with van der Waals surface area (Å²) in [6.45, 7) is 1.34. The monoisotopic (exact) mass is 453 g/mol. The molecule has 2 heterocycles. The van der Waals surface area contributed by atoms with Gasteiger partial charge in [0, 0.05) is 30.4 Å². The fraction of sp³-hybridized carbons (Fsp3) is 0.148. The Morgan fingerprint density at radius 2 is 1.82 bits per heavy atom. The summed E-state index contributed by atoms with van der Waals surface area (Å²) in [7, 11) is 3.93. The van der Waals surface area contributed by atoms with Crippen LogP contribution in [0.4, 0.5) is 5.69 Å². The number of benzene rings is 2. The van der Waals surface area contributed by atoms with Gasteiger partial charge in [0.05, 0.1) is 17.6 Å². The summed E-state index contributed by atoms with van der Waals surface area (Å²) < 4.78 is 1.93. The van der Waals surface area contributed by atoms with E-state index in [2.05, 4.69) is 15.6 Å². The van der Waals surface area contributed by atoms with Crippen molar-refractivity contribution in [1.29, 1.82) is 0 Å². The average molecular weight is 454 g/mol. The van der Waals surface area contributed by atoms with Gasteiger partial charge >= 0.3 is 0 Å². The Bertz CT molecular complexity index is 1330. The molecule has 2 amide bonds. The molecule has 0 aliphatic heterocycles. The van der Waals surface area contributed by atoms with E-state index in [0.29, 0.717) is 29.9 Å². The van der Waals surface area contributed by atoms with Crippen LogP contribution in [0.15, 0.2) is 73.1 Å². The van der Waals surface area contributed by atoms with Crippen LogP contribution in [0.25, 0.3) is 29.1 Å². The molecule has 172 valence electrons. The molecule has 0 aliphatic carbocycles. The summed E-state index contributed by atoms with van der Waals surface area (Å²) in [6.07, 6.45) is 8.37. The number of likely N-dealkylation sites (N-methyl/N-ethyl adjacent to an activating group) is 1. The zero-order chi connectivity index (χ0) is 23.9. The number of fused-ring (bicyclic) bond motifs is 1. The lowest BCUT2D eigenvalue weighted by Gasteiger charge is -2.11. The number of amides is 2. The van der Waals surface area contributed by atoms with Gasteiger partial charge in [-0.15, -0.1) is 0 Å². The van der Waals surface area contributed by atoms with Crippen molar-refractivity contribution in [2.75, 3.05) is 32.5 Å². The van der Waals surface area contributed by atoms with Crippen molar-refractivity contribution in [3.05, 3.63) is 89.7 Å². The van der Waals surface area contributed by atoms with Crippen molar-refractivity contribution >= 4 is 35.8 Å². The van der Waals surface area contributed by atoms with Crippen LogP contribution in [0.1, 0.15) is 21.5 Å². The molecule has 34 heavy (non-hydrogen) atoms. The summed E-state index contributed by atoms with van der Waals surface area (Å²) in [5, 5.41) is 5.70. The zero-order valence-electron chi connectivity index (χ0n) is 19.2. The van der Waals surface area contributed by atoms with Gasteiger partial charge < -0.3 is 15.5 Å². The highest BCUT2D eigenvalue weighted by Gasteiger charge is 2.13. The third-order valence-corrected chi connectivity index (χ3v) is 5.37. The normalized spacial score (nSPS) is 11.3. The number of aromatic nitrogens is 2. The predicted molar refractivity (Wildman–Crippen MR) is 137 cm³/mol. The van der Waals surface area contributed by atoms with E-state index in [1.165, 1.54) is 0 Å². The molecule has 2 aromatic heterocycles. The van der Waals surface area contributed by atoms with E-state index in [0.717, 1.165) is 28.9 Å². The molecule has 2 aromatic carbocycles. The second kappa shape index (κ2) is 10.6. The lowest BCUT2D eigenvalue weighted by molar-refractivity contribution is -0.105. The summed E-state index contributed by atoms with van der Waals surface area (Å²) in [4.78, 5) is 30.4. The molecule has 2 N–H and O–H groups in total. The molecule has 4 aromatic rings. The summed E-state index contributed by atoms with van der Waals surface area (Å²) in [5.74, 6) is -0.118. The number of carbonyl (C=O) groups is 2. The average Bonchev–Trinajstić information content (AvgIpc) is 3.28. The fourth-order valence-electron chi connectivity index (χ4n) is 3.65. The molecule has 0 saturated carbocycles. The minimum Gasteiger partial charge on any atom is -0.351 e. The second-order valence-corrected chi connectivity index (χ2v) is 8.17. The van der Waals surface area contributed by atoms with E-state index in [9.17, 15) is 9.59 Å².